The van der Waals surface area contributed by atoms with Crippen LogP contribution in [0.4, 0.5) is 11.7 Å². The van der Waals surface area contributed by atoms with Gasteiger partial charge in [0.2, 0.25) is 5.91 Å². The number of carbonyl (C=O) groups is 1. The third kappa shape index (κ3) is 3.28. The maximum atomic E-state index is 12.5. The number of nitrogens with two attached hydrogens (primary N) is 1. The first-order valence-electron chi connectivity index (χ1n) is 8.42. The Kier molecular flexibility index (Phi) is 4.01. The summed E-state index contributed by atoms with van der Waals surface area (Å²) in [5.74, 6) is 0.141. The highest BCUT2D eigenvalue weighted by molar-refractivity contribution is 5.79. The van der Waals surface area contributed by atoms with Crippen LogP contribution in [0.1, 0.15) is 5.56 Å². The first kappa shape index (κ1) is 15.5. The molecule has 25 heavy (non-hydrogen) atoms. The van der Waals surface area contributed by atoms with Crippen LogP contribution in [0.15, 0.2) is 52.9 Å². The van der Waals surface area contributed by atoms with Crippen molar-refractivity contribution in [3.63, 3.8) is 0 Å². The fourth-order valence-electron chi connectivity index (χ4n) is 3.06. The van der Waals surface area contributed by atoms with Gasteiger partial charge in [-0.2, -0.15) is 4.98 Å². The fraction of sp³-hybridized carbons (Fsp3) is 0.263. The number of nitrogens with zero attached hydrogens (tertiary/aromatic N) is 3. The molecular formula is C19H20N4O2. The van der Waals surface area contributed by atoms with Gasteiger partial charge in [-0.3, -0.25) is 4.79 Å². The zero-order valence-corrected chi connectivity index (χ0v) is 13.9. The molecule has 1 fully saturated rings. The van der Waals surface area contributed by atoms with Crippen molar-refractivity contribution in [1.82, 2.24) is 9.88 Å². The van der Waals surface area contributed by atoms with E-state index in [9.17, 15) is 4.79 Å². The van der Waals surface area contributed by atoms with E-state index in [-0.39, 0.29) is 5.91 Å². The maximum Gasteiger partial charge on any atom is 0.298 e. The fourth-order valence-corrected chi connectivity index (χ4v) is 3.06. The number of carbonyl (C=O) groups excluding carboxylic acids is 1. The van der Waals surface area contributed by atoms with Crippen molar-refractivity contribution in [1.29, 1.82) is 0 Å². The number of oxazole rings is 1. The highest BCUT2D eigenvalue weighted by Gasteiger charge is 2.24. The molecule has 0 spiro atoms. The molecule has 1 amide bonds. The Morgan fingerprint density at radius 1 is 1.04 bits per heavy atom. The number of hydrogen-bond acceptors (Lipinski definition) is 5. The zero-order chi connectivity index (χ0) is 17.2. The van der Waals surface area contributed by atoms with Crippen molar-refractivity contribution in [2.45, 2.75) is 6.42 Å². The van der Waals surface area contributed by atoms with E-state index in [1.165, 1.54) is 0 Å². The second-order valence-corrected chi connectivity index (χ2v) is 6.25. The van der Waals surface area contributed by atoms with Gasteiger partial charge in [-0.1, -0.05) is 24.3 Å². The predicted molar refractivity (Wildman–Crippen MR) is 97.4 cm³/mol. The molecule has 1 aromatic heterocycles. The van der Waals surface area contributed by atoms with Gasteiger partial charge >= 0.3 is 0 Å². The molecular weight excluding hydrogens is 316 g/mol. The molecule has 3 aromatic rings. The van der Waals surface area contributed by atoms with E-state index in [2.05, 4.69) is 9.88 Å². The van der Waals surface area contributed by atoms with Gasteiger partial charge in [0.05, 0.1) is 6.42 Å². The minimum Gasteiger partial charge on any atom is -0.423 e. The summed E-state index contributed by atoms with van der Waals surface area (Å²) in [7, 11) is 0. The molecule has 1 aliphatic rings. The van der Waals surface area contributed by atoms with E-state index in [1.807, 2.05) is 53.4 Å². The topological polar surface area (TPSA) is 75.6 Å². The molecule has 2 heterocycles. The lowest BCUT2D eigenvalue weighted by molar-refractivity contribution is -0.130. The van der Waals surface area contributed by atoms with Crippen LogP contribution in [-0.4, -0.2) is 42.0 Å². The van der Waals surface area contributed by atoms with Crippen molar-refractivity contribution in [2.24, 2.45) is 0 Å². The van der Waals surface area contributed by atoms with Gasteiger partial charge in [-0.05, 0) is 29.8 Å². The van der Waals surface area contributed by atoms with Crippen LogP contribution < -0.4 is 10.6 Å². The molecule has 6 heteroatoms. The molecule has 0 aliphatic carbocycles. The third-order valence-electron chi connectivity index (χ3n) is 4.52. The summed E-state index contributed by atoms with van der Waals surface area (Å²) in [6, 6.07) is 15.8. The van der Waals surface area contributed by atoms with Crippen LogP contribution in [-0.2, 0) is 11.2 Å². The van der Waals surface area contributed by atoms with Crippen LogP contribution in [0.5, 0.6) is 0 Å². The number of rotatable bonds is 3. The summed E-state index contributed by atoms with van der Waals surface area (Å²) in [6.45, 7) is 2.79. The largest absolute Gasteiger partial charge is 0.423 e. The average molecular weight is 336 g/mol. The number of hydrogen-bond donors (Lipinski definition) is 1. The molecule has 4 rings (SSSR count). The monoisotopic (exact) mass is 336 g/mol. The number of benzene rings is 2. The van der Waals surface area contributed by atoms with Gasteiger partial charge in [0.25, 0.3) is 6.01 Å². The first-order valence-corrected chi connectivity index (χ1v) is 8.42. The van der Waals surface area contributed by atoms with Crippen molar-refractivity contribution < 1.29 is 9.21 Å². The summed E-state index contributed by atoms with van der Waals surface area (Å²) in [4.78, 5) is 21.0. The van der Waals surface area contributed by atoms with E-state index in [0.717, 1.165) is 29.8 Å². The Morgan fingerprint density at radius 3 is 2.48 bits per heavy atom. The molecule has 0 bridgehead atoms. The normalized spacial score (nSPS) is 14.9. The van der Waals surface area contributed by atoms with Crippen LogP contribution in [0.3, 0.4) is 0 Å². The number of aromatic nitrogens is 1. The van der Waals surface area contributed by atoms with Crippen molar-refractivity contribution in [3.8, 4) is 0 Å². The van der Waals surface area contributed by atoms with E-state index in [1.54, 1.807) is 0 Å². The van der Waals surface area contributed by atoms with Gasteiger partial charge in [0, 0.05) is 31.9 Å². The second kappa shape index (κ2) is 6.47. The van der Waals surface area contributed by atoms with E-state index >= 15 is 0 Å². The summed E-state index contributed by atoms with van der Waals surface area (Å²) < 4.78 is 5.81. The molecule has 1 aliphatic heterocycles. The molecule has 2 aromatic carbocycles. The SMILES string of the molecule is Nc1ccc(CC(=O)N2CCN(c3nc4ccccc4o3)CC2)cc1. The van der Waals surface area contributed by atoms with Gasteiger partial charge in [-0.15, -0.1) is 0 Å². The van der Waals surface area contributed by atoms with Gasteiger partial charge in [0.1, 0.15) is 5.52 Å². The Hall–Kier alpha value is -3.02. The highest BCUT2D eigenvalue weighted by Crippen LogP contribution is 2.22. The zero-order valence-electron chi connectivity index (χ0n) is 13.9. The number of fused-ring (bicyclic) bond motifs is 1. The predicted octanol–water partition coefficient (Wildman–Crippen LogP) is 2.30. The Balaban J connectivity index is 1.37. The number of para-hydroxylation sites is 2. The number of piperazine rings is 1. The molecule has 0 radical (unpaired) electrons. The lowest BCUT2D eigenvalue weighted by Crippen LogP contribution is -2.49. The first-order chi connectivity index (χ1) is 12.2. The quantitative estimate of drug-likeness (QED) is 0.743. The van der Waals surface area contributed by atoms with E-state index in [0.29, 0.717) is 31.2 Å². The minimum atomic E-state index is 0.141. The molecule has 0 saturated carbocycles. The lowest BCUT2D eigenvalue weighted by Gasteiger charge is -2.33. The Bertz CT molecular complexity index is 847. The van der Waals surface area contributed by atoms with Gasteiger partial charge in [-0.25, -0.2) is 0 Å². The second-order valence-electron chi connectivity index (χ2n) is 6.25. The lowest BCUT2D eigenvalue weighted by atomic mass is 10.1. The van der Waals surface area contributed by atoms with E-state index < -0.39 is 0 Å². The Labute approximate surface area is 145 Å². The standard InChI is InChI=1S/C19H20N4O2/c20-15-7-5-14(6-8-15)13-18(24)22-9-11-23(12-10-22)19-21-16-3-1-2-4-17(16)25-19/h1-8H,9-13,20H2. The van der Waals surface area contributed by atoms with E-state index in [4.69, 9.17) is 10.2 Å². The molecule has 6 nitrogen and oxygen atoms in total. The molecule has 2 N–H and O–H groups in total. The maximum absolute atomic E-state index is 12.5. The van der Waals surface area contributed by atoms with Crippen LogP contribution in [0.2, 0.25) is 0 Å². The number of amides is 1. The van der Waals surface area contributed by atoms with Crippen molar-refractivity contribution in [2.75, 3.05) is 36.8 Å². The van der Waals surface area contributed by atoms with Crippen LogP contribution in [0.25, 0.3) is 11.1 Å². The van der Waals surface area contributed by atoms with Gasteiger partial charge < -0.3 is 20.0 Å². The average Bonchev–Trinajstić information content (AvgIpc) is 3.08. The highest BCUT2D eigenvalue weighted by atomic mass is 16.4. The number of anilines is 2. The summed E-state index contributed by atoms with van der Waals surface area (Å²) in [5.41, 5.74) is 9.03. The number of nitrogen functional groups attached to an aromatic ring is 1. The Morgan fingerprint density at radius 2 is 1.76 bits per heavy atom. The summed E-state index contributed by atoms with van der Waals surface area (Å²) in [6.07, 6.45) is 0.406. The molecule has 0 atom stereocenters. The smallest absolute Gasteiger partial charge is 0.298 e. The molecule has 128 valence electrons. The van der Waals surface area contributed by atoms with Crippen LogP contribution in [0, 0.1) is 0 Å². The molecule has 1 saturated heterocycles. The molecule has 0 unspecified atom stereocenters. The van der Waals surface area contributed by atoms with Gasteiger partial charge in [0.15, 0.2) is 5.58 Å². The van der Waals surface area contributed by atoms with Crippen LogP contribution >= 0.6 is 0 Å². The summed E-state index contributed by atoms with van der Waals surface area (Å²) >= 11 is 0. The summed E-state index contributed by atoms with van der Waals surface area (Å²) in [5, 5.41) is 0. The minimum absolute atomic E-state index is 0.141. The van der Waals surface area contributed by atoms with Crippen molar-refractivity contribution in [3.05, 3.63) is 54.1 Å². The third-order valence-corrected chi connectivity index (χ3v) is 4.52. The van der Waals surface area contributed by atoms with Crippen molar-refractivity contribution >= 4 is 28.7 Å².